The van der Waals surface area contributed by atoms with E-state index in [9.17, 15) is 4.79 Å². The highest BCUT2D eigenvalue weighted by atomic mass is 16.5. The van der Waals surface area contributed by atoms with Crippen LogP contribution in [0.25, 0.3) is 0 Å². The Hall–Kier alpha value is -1.59. The summed E-state index contributed by atoms with van der Waals surface area (Å²) >= 11 is 0. The van der Waals surface area contributed by atoms with Crippen molar-refractivity contribution in [2.45, 2.75) is 19.4 Å². The highest BCUT2D eigenvalue weighted by Gasteiger charge is 2.08. The summed E-state index contributed by atoms with van der Waals surface area (Å²) < 4.78 is 4.92. The van der Waals surface area contributed by atoms with Crippen LogP contribution < -0.4 is 10.1 Å². The molecule has 5 heteroatoms. The Balaban J connectivity index is 0.000000225. The van der Waals surface area contributed by atoms with Gasteiger partial charge in [0.15, 0.2) is 6.61 Å². The molecule has 5 nitrogen and oxygen atoms in total. The molecule has 1 aliphatic heterocycles. The fraction of sp³-hybridized carbons (Fsp3) is 0.462. The number of aliphatic hydroxyl groups is 1. The Morgan fingerprint density at radius 2 is 2.11 bits per heavy atom. The summed E-state index contributed by atoms with van der Waals surface area (Å²) in [6.07, 6.45) is 0.866. The zero-order valence-electron chi connectivity index (χ0n) is 10.4. The molecule has 1 aromatic carbocycles. The summed E-state index contributed by atoms with van der Waals surface area (Å²) in [5, 5.41) is 20.0. The summed E-state index contributed by atoms with van der Waals surface area (Å²) in [5.41, 5.74) is 1.12. The molecule has 100 valence electrons. The molecular formula is C13H19NO4. The highest BCUT2D eigenvalue weighted by molar-refractivity contribution is 5.68. The monoisotopic (exact) mass is 253 g/mol. The van der Waals surface area contributed by atoms with Crippen molar-refractivity contribution >= 4 is 5.97 Å². The first-order chi connectivity index (χ1) is 8.58. The summed E-state index contributed by atoms with van der Waals surface area (Å²) in [5.74, 6) is -0.376. The number of β-amino-alcohol motifs (C(OH)–C–C–N with tert-alkyl or cyclic N) is 1. The van der Waals surface area contributed by atoms with Crippen LogP contribution in [0.2, 0.25) is 0 Å². The van der Waals surface area contributed by atoms with Crippen LogP contribution in [-0.2, 0) is 4.79 Å². The Kier molecular flexibility index (Phi) is 6.18. The minimum absolute atomic E-state index is 0.0648. The second kappa shape index (κ2) is 7.68. The predicted octanol–water partition coefficient (Wildman–Crippen LogP) is 0.799. The number of nitrogens with one attached hydrogen (secondary N) is 1. The van der Waals surface area contributed by atoms with Gasteiger partial charge in [-0.2, -0.15) is 0 Å². The van der Waals surface area contributed by atoms with Gasteiger partial charge in [-0.25, -0.2) is 4.79 Å². The topological polar surface area (TPSA) is 78.8 Å². The van der Waals surface area contributed by atoms with Crippen LogP contribution in [-0.4, -0.2) is 42.0 Å². The first-order valence-corrected chi connectivity index (χ1v) is 5.88. The van der Waals surface area contributed by atoms with Crippen LogP contribution in [0.4, 0.5) is 0 Å². The SMILES string of the molecule is Cc1ccc(OCC(=O)O)cc1.OC1CCNC1. The molecule has 1 aromatic rings. The lowest BCUT2D eigenvalue weighted by Crippen LogP contribution is -2.11. The van der Waals surface area contributed by atoms with E-state index >= 15 is 0 Å². The number of ether oxygens (including phenoxy) is 1. The lowest BCUT2D eigenvalue weighted by atomic mass is 10.2. The molecule has 0 bridgehead atoms. The number of benzene rings is 1. The molecular weight excluding hydrogens is 234 g/mol. The number of aliphatic hydroxyl groups excluding tert-OH is 1. The molecule has 0 aromatic heterocycles. The van der Waals surface area contributed by atoms with Gasteiger partial charge in [-0.3, -0.25) is 0 Å². The van der Waals surface area contributed by atoms with Gasteiger partial charge >= 0.3 is 5.97 Å². The Bertz CT molecular complexity index is 358. The van der Waals surface area contributed by atoms with Crippen LogP contribution in [0, 0.1) is 6.92 Å². The molecule has 0 radical (unpaired) electrons. The molecule has 0 aliphatic carbocycles. The molecule has 2 rings (SSSR count). The molecule has 1 heterocycles. The number of aryl methyl sites for hydroxylation is 1. The molecule has 1 fully saturated rings. The second-order valence-corrected chi connectivity index (χ2v) is 4.14. The van der Waals surface area contributed by atoms with E-state index in [0.29, 0.717) is 5.75 Å². The zero-order chi connectivity index (χ0) is 13.4. The molecule has 0 spiro atoms. The molecule has 0 amide bonds. The van der Waals surface area contributed by atoms with Gasteiger partial charge in [-0.15, -0.1) is 0 Å². The highest BCUT2D eigenvalue weighted by Crippen LogP contribution is 2.10. The predicted molar refractivity (Wildman–Crippen MR) is 67.8 cm³/mol. The number of hydrogen-bond acceptors (Lipinski definition) is 4. The maximum atomic E-state index is 10.1. The molecule has 18 heavy (non-hydrogen) atoms. The van der Waals surface area contributed by atoms with Gasteiger partial charge in [0.1, 0.15) is 5.75 Å². The van der Waals surface area contributed by atoms with Gasteiger partial charge < -0.3 is 20.3 Å². The summed E-state index contributed by atoms with van der Waals surface area (Å²) in [7, 11) is 0. The van der Waals surface area contributed by atoms with Gasteiger partial charge in [0.2, 0.25) is 0 Å². The average Bonchev–Trinajstić information content (AvgIpc) is 2.80. The van der Waals surface area contributed by atoms with E-state index in [1.54, 1.807) is 12.1 Å². The normalized spacial score (nSPS) is 17.8. The summed E-state index contributed by atoms with van der Waals surface area (Å²) in [6.45, 7) is 3.45. The smallest absolute Gasteiger partial charge is 0.341 e. The lowest BCUT2D eigenvalue weighted by molar-refractivity contribution is -0.139. The van der Waals surface area contributed by atoms with E-state index in [1.807, 2.05) is 19.1 Å². The van der Waals surface area contributed by atoms with Gasteiger partial charge in [-0.05, 0) is 32.0 Å². The first kappa shape index (κ1) is 14.5. The molecule has 1 unspecified atom stereocenters. The van der Waals surface area contributed by atoms with Crippen LogP contribution in [0.15, 0.2) is 24.3 Å². The Morgan fingerprint density at radius 3 is 2.50 bits per heavy atom. The zero-order valence-corrected chi connectivity index (χ0v) is 10.4. The number of carboxylic acid groups (broad SMARTS) is 1. The van der Waals surface area contributed by atoms with Gasteiger partial charge in [0.25, 0.3) is 0 Å². The maximum absolute atomic E-state index is 10.1. The fourth-order valence-corrected chi connectivity index (χ4v) is 1.42. The van der Waals surface area contributed by atoms with Crippen LogP contribution in [0.5, 0.6) is 5.75 Å². The van der Waals surface area contributed by atoms with Crippen molar-refractivity contribution in [3.63, 3.8) is 0 Å². The molecule has 1 aliphatic rings. The first-order valence-electron chi connectivity index (χ1n) is 5.88. The van der Waals surface area contributed by atoms with E-state index in [4.69, 9.17) is 14.9 Å². The standard InChI is InChI=1S/C9H10O3.C4H9NO/c1-7-2-4-8(5-3-7)12-6-9(10)11;6-4-1-2-5-3-4/h2-5H,6H2,1H3,(H,10,11);4-6H,1-3H2. The Labute approximate surface area is 106 Å². The largest absolute Gasteiger partial charge is 0.482 e. The minimum atomic E-state index is -0.962. The quantitative estimate of drug-likeness (QED) is 0.742. The van der Waals surface area contributed by atoms with Gasteiger partial charge in [0.05, 0.1) is 6.10 Å². The third kappa shape index (κ3) is 6.22. The van der Waals surface area contributed by atoms with E-state index in [0.717, 1.165) is 25.1 Å². The average molecular weight is 253 g/mol. The molecule has 0 saturated carbocycles. The molecule has 1 saturated heterocycles. The van der Waals surface area contributed by atoms with Crippen molar-refractivity contribution in [1.29, 1.82) is 0 Å². The van der Waals surface area contributed by atoms with E-state index in [2.05, 4.69) is 5.32 Å². The minimum Gasteiger partial charge on any atom is -0.482 e. The molecule has 1 atom stereocenters. The number of hydrogen-bond donors (Lipinski definition) is 3. The van der Waals surface area contributed by atoms with Crippen molar-refractivity contribution in [1.82, 2.24) is 5.32 Å². The fourth-order valence-electron chi connectivity index (χ4n) is 1.42. The van der Waals surface area contributed by atoms with Crippen LogP contribution >= 0.6 is 0 Å². The van der Waals surface area contributed by atoms with Gasteiger partial charge in [-0.1, -0.05) is 17.7 Å². The summed E-state index contributed by atoms with van der Waals surface area (Å²) in [4.78, 5) is 10.1. The number of rotatable bonds is 3. The van der Waals surface area contributed by atoms with Crippen molar-refractivity contribution < 1.29 is 19.7 Å². The lowest BCUT2D eigenvalue weighted by Gasteiger charge is -2.01. The third-order valence-electron chi connectivity index (χ3n) is 2.42. The van der Waals surface area contributed by atoms with E-state index in [1.165, 1.54) is 0 Å². The van der Waals surface area contributed by atoms with E-state index in [-0.39, 0.29) is 12.7 Å². The summed E-state index contributed by atoms with van der Waals surface area (Å²) in [6, 6.07) is 7.24. The van der Waals surface area contributed by atoms with Crippen LogP contribution in [0.1, 0.15) is 12.0 Å². The number of carbonyl (C=O) groups is 1. The van der Waals surface area contributed by atoms with Crippen molar-refractivity contribution in [2.75, 3.05) is 19.7 Å². The number of aliphatic carboxylic acids is 1. The van der Waals surface area contributed by atoms with Crippen molar-refractivity contribution in [2.24, 2.45) is 0 Å². The van der Waals surface area contributed by atoms with Crippen LogP contribution in [0.3, 0.4) is 0 Å². The van der Waals surface area contributed by atoms with Crippen molar-refractivity contribution in [3.05, 3.63) is 29.8 Å². The Morgan fingerprint density at radius 1 is 1.44 bits per heavy atom. The third-order valence-corrected chi connectivity index (χ3v) is 2.42. The maximum Gasteiger partial charge on any atom is 0.341 e. The van der Waals surface area contributed by atoms with Crippen molar-refractivity contribution in [3.8, 4) is 5.75 Å². The van der Waals surface area contributed by atoms with Gasteiger partial charge in [0, 0.05) is 6.54 Å². The molecule has 3 N–H and O–H groups in total. The second-order valence-electron chi connectivity index (χ2n) is 4.14. The van der Waals surface area contributed by atoms with E-state index < -0.39 is 5.97 Å². The number of carboxylic acids is 1.